The minimum Gasteiger partial charge on any atom is -0.340 e. The summed E-state index contributed by atoms with van der Waals surface area (Å²) in [6.07, 6.45) is 2.03. The molecule has 0 aliphatic carbocycles. The molecule has 0 atom stereocenters. The summed E-state index contributed by atoms with van der Waals surface area (Å²) in [5, 5.41) is 3.09. The normalized spacial score (nSPS) is 16.3. The number of piperazine rings is 1. The highest BCUT2D eigenvalue weighted by Crippen LogP contribution is 2.07. The van der Waals surface area contributed by atoms with Crippen molar-refractivity contribution in [1.29, 1.82) is 0 Å². The van der Waals surface area contributed by atoms with Crippen molar-refractivity contribution in [1.82, 2.24) is 10.2 Å². The van der Waals surface area contributed by atoms with Gasteiger partial charge in [-0.05, 0) is 24.0 Å². The van der Waals surface area contributed by atoms with Gasteiger partial charge >= 0.3 is 0 Å². The van der Waals surface area contributed by atoms with E-state index in [2.05, 4.69) is 36.5 Å². The van der Waals surface area contributed by atoms with Crippen LogP contribution in [0.2, 0.25) is 0 Å². The quantitative estimate of drug-likeness (QED) is 0.846. The highest BCUT2D eigenvalue weighted by atomic mass is 16.2. The number of carbonyl (C=O) groups is 1. The minimum atomic E-state index is 0.224. The molecule has 0 saturated carbocycles. The Morgan fingerprint density at radius 3 is 2.59 bits per heavy atom. The Morgan fingerprint density at radius 2 is 1.94 bits per heavy atom. The van der Waals surface area contributed by atoms with Crippen LogP contribution in [0.5, 0.6) is 0 Å². The van der Waals surface area contributed by atoms with E-state index in [1.165, 1.54) is 11.1 Å². The zero-order chi connectivity index (χ0) is 12.1. The van der Waals surface area contributed by atoms with E-state index < -0.39 is 0 Å². The molecule has 92 valence electrons. The van der Waals surface area contributed by atoms with Crippen LogP contribution < -0.4 is 5.32 Å². The second kappa shape index (κ2) is 5.82. The van der Waals surface area contributed by atoms with E-state index in [1.807, 2.05) is 4.90 Å². The lowest BCUT2D eigenvalue weighted by Gasteiger charge is -2.27. The molecular formula is C14H20N2O. The first-order valence-electron chi connectivity index (χ1n) is 6.36. The lowest BCUT2D eigenvalue weighted by molar-refractivity contribution is -0.131. The maximum atomic E-state index is 11.6. The highest BCUT2D eigenvalue weighted by Gasteiger charge is 2.16. The topological polar surface area (TPSA) is 32.3 Å². The van der Waals surface area contributed by atoms with Crippen molar-refractivity contribution in [2.45, 2.75) is 19.8 Å². The zero-order valence-corrected chi connectivity index (χ0v) is 10.4. The van der Waals surface area contributed by atoms with E-state index in [4.69, 9.17) is 0 Å². The summed E-state index contributed by atoms with van der Waals surface area (Å²) in [5.41, 5.74) is 2.68. The summed E-state index contributed by atoms with van der Waals surface area (Å²) in [6, 6.07) is 8.70. The molecule has 1 saturated heterocycles. The first-order chi connectivity index (χ1) is 8.29. The first kappa shape index (κ1) is 12.1. The average molecular weight is 232 g/mol. The average Bonchev–Trinajstić information content (AvgIpc) is 2.38. The molecule has 17 heavy (non-hydrogen) atoms. The van der Waals surface area contributed by atoms with Crippen molar-refractivity contribution >= 4 is 5.91 Å². The van der Waals surface area contributed by atoms with Gasteiger partial charge in [-0.1, -0.05) is 31.2 Å². The van der Waals surface area contributed by atoms with E-state index in [0.717, 1.165) is 32.5 Å². The summed E-state index contributed by atoms with van der Waals surface area (Å²) in [6.45, 7) is 5.25. The van der Waals surface area contributed by atoms with Gasteiger partial charge in [0.05, 0.1) is 6.54 Å². The van der Waals surface area contributed by atoms with Crippen molar-refractivity contribution in [2.24, 2.45) is 0 Å². The van der Waals surface area contributed by atoms with Crippen molar-refractivity contribution in [3.8, 4) is 0 Å². The summed E-state index contributed by atoms with van der Waals surface area (Å²) in [4.78, 5) is 13.5. The number of hydrogen-bond donors (Lipinski definition) is 1. The fraction of sp³-hybridized carbons (Fsp3) is 0.500. The number of nitrogens with zero attached hydrogens (tertiary/aromatic N) is 1. The van der Waals surface area contributed by atoms with Gasteiger partial charge in [-0.2, -0.15) is 0 Å². The maximum absolute atomic E-state index is 11.6. The van der Waals surface area contributed by atoms with Gasteiger partial charge in [-0.25, -0.2) is 0 Å². The molecule has 1 aliphatic heterocycles. The lowest BCUT2D eigenvalue weighted by atomic mass is 10.1. The number of rotatable bonds is 4. The summed E-state index contributed by atoms with van der Waals surface area (Å²) < 4.78 is 0. The van der Waals surface area contributed by atoms with Crippen LogP contribution in [0, 0.1) is 0 Å². The van der Waals surface area contributed by atoms with Gasteiger partial charge in [-0.3, -0.25) is 4.79 Å². The smallest absolute Gasteiger partial charge is 0.236 e. The van der Waals surface area contributed by atoms with Crippen molar-refractivity contribution in [3.63, 3.8) is 0 Å². The Hall–Kier alpha value is -1.35. The molecule has 1 aliphatic rings. The van der Waals surface area contributed by atoms with E-state index in [0.29, 0.717) is 6.54 Å². The van der Waals surface area contributed by atoms with Gasteiger partial charge in [0.1, 0.15) is 0 Å². The predicted octanol–water partition coefficient (Wildman–Crippen LogP) is 1.22. The molecule has 0 radical (unpaired) electrons. The molecule has 0 bridgehead atoms. The Bertz CT molecular complexity index is 372. The number of aryl methyl sites for hydroxylation is 1. The molecule has 1 aromatic rings. The van der Waals surface area contributed by atoms with Crippen molar-refractivity contribution in [3.05, 3.63) is 35.4 Å². The van der Waals surface area contributed by atoms with Crippen molar-refractivity contribution in [2.75, 3.05) is 26.2 Å². The van der Waals surface area contributed by atoms with Crippen LogP contribution in [-0.4, -0.2) is 37.0 Å². The molecule has 1 fully saturated rings. The van der Waals surface area contributed by atoms with Crippen LogP contribution in [0.25, 0.3) is 0 Å². The van der Waals surface area contributed by atoms with Crippen LogP contribution >= 0.6 is 0 Å². The molecule has 0 aromatic heterocycles. The van der Waals surface area contributed by atoms with Crippen LogP contribution in [0.3, 0.4) is 0 Å². The molecule has 3 nitrogen and oxygen atoms in total. The lowest BCUT2D eigenvalue weighted by Crippen LogP contribution is -2.48. The monoisotopic (exact) mass is 232 g/mol. The Kier molecular flexibility index (Phi) is 4.15. The zero-order valence-electron chi connectivity index (χ0n) is 10.4. The largest absolute Gasteiger partial charge is 0.340 e. The first-order valence-corrected chi connectivity index (χ1v) is 6.36. The van der Waals surface area contributed by atoms with Gasteiger partial charge in [0, 0.05) is 19.6 Å². The molecule has 1 N–H and O–H groups in total. The van der Waals surface area contributed by atoms with Crippen LogP contribution in [0.1, 0.15) is 18.1 Å². The number of benzene rings is 1. The van der Waals surface area contributed by atoms with Crippen LogP contribution in [-0.2, 0) is 17.6 Å². The summed E-state index contributed by atoms with van der Waals surface area (Å²) in [7, 11) is 0. The number of amides is 1. The van der Waals surface area contributed by atoms with E-state index >= 15 is 0 Å². The van der Waals surface area contributed by atoms with Crippen LogP contribution in [0.15, 0.2) is 24.3 Å². The SMILES string of the molecule is CCc1ccc(CCN2CCNCC2=O)cc1. The second-order valence-corrected chi connectivity index (χ2v) is 4.48. The number of carbonyl (C=O) groups excluding carboxylic acids is 1. The van der Waals surface area contributed by atoms with Gasteiger partial charge in [0.25, 0.3) is 0 Å². The third-order valence-electron chi connectivity index (χ3n) is 3.29. The number of nitrogens with one attached hydrogen (secondary N) is 1. The van der Waals surface area contributed by atoms with Gasteiger partial charge < -0.3 is 10.2 Å². The molecule has 0 spiro atoms. The standard InChI is InChI=1S/C14H20N2O/c1-2-12-3-5-13(6-4-12)7-9-16-10-8-15-11-14(16)17/h3-6,15H,2,7-11H2,1H3. The van der Waals surface area contributed by atoms with Gasteiger partial charge in [-0.15, -0.1) is 0 Å². The summed E-state index contributed by atoms with van der Waals surface area (Å²) in [5.74, 6) is 0.224. The van der Waals surface area contributed by atoms with Gasteiger partial charge in [0.15, 0.2) is 0 Å². The Balaban J connectivity index is 1.86. The molecule has 0 unspecified atom stereocenters. The van der Waals surface area contributed by atoms with Crippen LogP contribution in [0.4, 0.5) is 0 Å². The highest BCUT2D eigenvalue weighted by molar-refractivity contribution is 5.78. The van der Waals surface area contributed by atoms with E-state index in [9.17, 15) is 4.79 Å². The molecule has 3 heteroatoms. The van der Waals surface area contributed by atoms with E-state index in [-0.39, 0.29) is 5.91 Å². The molecule has 1 aromatic carbocycles. The fourth-order valence-corrected chi connectivity index (χ4v) is 2.09. The third kappa shape index (κ3) is 3.30. The Morgan fingerprint density at radius 1 is 1.24 bits per heavy atom. The maximum Gasteiger partial charge on any atom is 0.236 e. The third-order valence-corrected chi connectivity index (χ3v) is 3.29. The predicted molar refractivity (Wildman–Crippen MR) is 69.0 cm³/mol. The van der Waals surface area contributed by atoms with Gasteiger partial charge in [0.2, 0.25) is 5.91 Å². The number of hydrogen-bond acceptors (Lipinski definition) is 2. The summed E-state index contributed by atoms with van der Waals surface area (Å²) >= 11 is 0. The van der Waals surface area contributed by atoms with Crippen molar-refractivity contribution < 1.29 is 4.79 Å². The fourth-order valence-electron chi connectivity index (χ4n) is 2.09. The minimum absolute atomic E-state index is 0.224. The Labute approximate surface area is 103 Å². The molecule has 1 amide bonds. The second-order valence-electron chi connectivity index (χ2n) is 4.48. The molecule has 1 heterocycles. The molecule has 2 rings (SSSR count). The molecular weight excluding hydrogens is 212 g/mol. The van der Waals surface area contributed by atoms with E-state index in [1.54, 1.807) is 0 Å².